The normalized spacial score (nSPS) is 40.6. The van der Waals surface area contributed by atoms with Crippen LogP contribution in [0.3, 0.4) is 0 Å². The molecule has 3 aliphatic carbocycles. The zero-order chi connectivity index (χ0) is 14.4. The van der Waals surface area contributed by atoms with Crippen molar-refractivity contribution in [2.75, 3.05) is 19.6 Å². The van der Waals surface area contributed by atoms with Crippen molar-refractivity contribution >= 4 is 5.91 Å². The Hall–Kier alpha value is -0.610. The van der Waals surface area contributed by atoms with Gasteiger partial charge in [0.05, 0.1) is 5.92 Å². The van der Waals surface area contributed by atoms with Crippen LogP contribution >= 0.6 is 0 Å². The van der Waals surface area contributed by atoms with Crippen LogP contribution in [-0.2, 0) is 4.79 Å². The van der Waals surface area contributed by atoms with Crippen molar-refractivity contribution in [2.45, 2.75) is 57.0 Å². The first-order valence-electron chi connectivity index (χ1n) is 8.99. The molecule has 1 saturated heterocycles. The van der Waals surface area contributed by atoms with Gasteiger partial charge in [-0.25, -0.2) is 0 Å². The molecule has 0 radical (unpaired) electrons. The first-order valence-corrected chi connectivity index (χ1v) is 8.99. The van der Waals surface area contributed by atoms with E-state index in [2.05, 4.69) is 10.2 Å². The average Bonchev–Trinajstić information content (AvgIpc) is 3.07. The van der Waals surface area contributed by atoms with Crippen molar-refractivity contribution in [3.63, 3.8) is 0 Å². The monoisotopic (exact) mass is 291 g/mol. The summed E-state index contributed by atoms with van der Waals surface area (Å²) in [6.45, 7) is 3.60. The Morgan fingerprint density at radius 3 is 2.38 bits per heavy atom. The van der Waals surface area contributed by atoms with E-state index in [1.807, 2.05) is 0 Å². The summed E-state index contributed by atoms with van der Waals surface area (Å²) in [7, 11) is 0. The molecule has 1 amide bonds. The van der Waals surface area contributed by atoms with E-state index < -0.39 is 0 Å². The Balaban J connectivity index is 1.25. The fraction of sp³-hybridized carbons (Fsp3) is 0.941. The number of piperidine rings is 1. The molecule has 0 aromatic rings. The summed E-state index contributed by atoms with van der Waals surface area (Å²) in [5, 5.41) is 3.32. The summed E-state index contributed by atoms with van der Waals surface area (Å²) < 4.78 is 0. The van der Waals surface area contributed by atoms with E-state index in [-0.39, 0.29) is 17.9 Å². The number of nitrogens with one attached hydrogen (secondary N) is 1. The lowest BCUT2D eigenvalue weighted by molar-refractivity contribution is -0.128. The van der Waals surface area contributed by atoms with Crippen LogP contribution in [0.15, 0.2) is 0 Å². The van der Waals surface area contributed by atoms with Gasteiger partial charge in [0.1, 0.15) is 0 Å². The van der Waals surface area contributed by atoms with Gasteiger partial charge in [0.15, 0.2) is 0 Å². The van der Waals surface area contributed by atoms with Crippen molar-refractivity contribution in [1.29, 1.82) is 0 Å². The number of carbonyl (C=O) groups excluding carboxylic acids is 1. The van der Waals surface area contributed by atoms with Crippen LogP contribution in [0.2, 0.25) is 0 Å². The third-order valence-electron chi connectivity index (χ3n) is 6.43. The number of hydrogen-bond acceptors (Lipinski definition) is 3. The smallest absolute Gasteiger partial charge is 0.225 e. The maximum Gasteiger partial charge on any atom is 0.225 e. The highest BCUT2D eigenvalue weighted by Gasteiger charge is 2.49. The zero-order valence-corrected chi connectivity index (χ0v) is 13.0. The minimum absolute atomic E-state index is 0.105. The van der Waals surface area contributed by atoms with Crippen LogP contribution in [0, 0.1) is 23.7 Å². The van der Waals surface area contributed by atoms with Gasteiger partial charge in [0, 0.05) is 31.7 Å². The topological polar surface area (TPSA) is 58.4 Å². The second-order valence-electron chi connectivity index (χ2n) is 7.96. The van der Waals surface area contributed by atoms with Crippen molar-refractivity contribution in [1.82, 2.24) is 10.2 Å². The third kappa shape index (κ3) is 2.85. The molecular weight excluding hydrogens is 262 g/mol. The van der Waals surface area contributed by atoms with E-state index in [9.17, 15) is 4.79 Å². The number of fused-ring (bicyclic) bond motifs is 2. The minimum atomic E-state index is 0.105. The van der Waals surface area contributed by atoms with E-state index in [4.69, 9.17) is 5.73 Å². The van der Waals surface area contributed by atoms with Gasteiger partial charge in [-0.05, 0) is 62.7 Å². The number of nitrogens with two attached hydrogens (primary N) is 1. The number of carbonyl (C=O) groups is 1. The molecule has 1 heterocycles. The Labute approximate surface area is 127 Å². The molecule has 4 atom stereocenters. The van der Waals surface area contributed by atoms with E-state index in [1.54, 1.807) is 0 Å². The van der Waals surface area contributed by atoms with Gasteiger partial charge in [-0.15, -0.1) is 0 Å². The number of nitrogens with zero attached hydrogens (tertiary/aromatic N) is 1. The second-order valence-corrected chi connectivity index (χ2v) is 7.96. The molecule has 0 spiro atoms. The molecule has 3 saturated carbocycles. The molecule has 4 fully saturated rings. The Kier molecular flexibility index (Phi) is 3.70. The number of rotatable bonds is 4. The summed E-state index contributed by atoms with van der Waals surface area (Å²) in [6, 6.07) is 0.512. The molecule has 21 heavy (non-hydrogen) atoms. The highest BCUT2D eigenvalue weighted by atomic mass is 16.2. The van der Waals surface area contributed by atoms with Crippen LogP contribution in [-0.4, -0.2) is 42.5 Å². The summed E-state index contributed by atoms with van der Waals surface area (Å²) in [5.41, 5.74) is 6.28. The molecule has 118 valence electrons. The Bertz CT molecular complexity index is 399. The Morgan fingerprint density at radius 1 is 1.05 bits per heavy atom. The molecule has 4 unspecified atom stereocenters. The van der Waals surface area contributed by atoms with Crippen LogP contribution in [0.4, 0.5) is 0 Å². The maximum absolute atomic E-state index is 12.6. The van der Waals surface area contributed by atoms with Crippen LogP contribution in [0.1, 0.15) is 44.9 Å². The lowest BCUT2D eigenvalue weighted by Gasteiger charge is -2.34. The van der Waals surface area contributed by atoms with Crippen LogP contribution in [0.25, 0.3) is 0 Å². The van der Waals surface area contributed by atoms with E-state index in [0.717, 1.165) is 31.8 Å². The molecule has 4 aliphatic rings. The third-order valence-corrected chi connectivity index (χ3v) is 6.43. The second kappa shape index (κ2) is 5.54. The van der Waals surface area contributed by atoms with E-state index in [1.165, 1.54) is 38.6 Å². The molecule has 0 aromatic carbocycles. The highest BCUT2D eigenvalue weighted by Crippen LogP contribution is 2.47. The SMILES string of the molecule is NC1C2CCC(C2)C1C(=O)NC1CCN(CC2CC2)CC1. The first-order chi connectivity index (χ1) is 10.2. The maximum atomic E-state index is 12.6. The number of likely N-dealkylation sites (tertiary alicyclic amines) is 1. The fourth-order valence-corrected chi connectivity index (χ4v) is 4.95. The van der Waals surface area contributed by atoms with Gasteiger partial charge in [0.2, 0.25) is 5.91 Å². The molecular formula is C17H29N3O. The predicted molar refractivity (Wildman–Crippen MR) is 82.6 cm³/mol. The Morgan fingerprint density at radius 2 is 1.76 bits per heavy atom. The first kappa shape index (κ1) is 14.0. The lowest BCUT2D eigenvalue weighted by Crippen LogP contribution is -2.51. The number of hydrogen-bond donors (Lipinski definition) is 2. The van der Waals surface area contributed by atoms with Gasteiger partial charge in [-0.3, -0.25) is 4.79 Å². The van der Waals surface area contributed by atoms with E-state index >= 15 is 0 Å². The summed E-state index contributed by atoms with van der Waals surface area (Å²) in [6.07, 6.45) is 8.76. The molecule has 2 bridgehead atoms. The molecule has 4 heteroatoms. The fourth-order valence-electron chi connectivity index (χ4n) is 4.95. The van der Waals surface area contributed by atoms with Crippen molar-refractivity contribution in [3.8, 4) is 0 Å². The largest absolute Gasteiger partial charge is 0.353 e. The van der Waals surface area contributed by atoms with Crippen LogP contribution in [0.5, 0.6) is 0 Å². The molecule has 4 rings (SSSR count). The lowest BCUT2D eigenvalue weighted by atomic mass is 9.84. The zero-order valence-electron chi connectivity index (χ0n) is 13.0. The predicted octanol–water partition coefficient (Wildman–Crippen LogP) is 1.35. The minimum Gasteiger partial charge on any atom is -0.353 e. The van der Waals surface area contributed by atoms with Gasteiger partial charge in [0.25, 0.3) is 0 Å². The van der Waals surface area contributed by atoms with Gasteiger partial charge in [-0.2, -0.15) is 0 Å². The summed E-state index contributed by atoms with van der Waals surface area (Å²) in [4.78, 5) is 15.2. The van der Waals surface area contributed by atoms with Crippen molar-refractivity contribution in [3.05, 3.63) is 0 Å². The molecule has 1 aliphatic heterocycles. The average molecular weight is 291 g/mol. The summed E-state index contributed by atoms with van der Waals surface area (Å²) in [5.74, 6) is 2.53. The molecule has 0 aromatic heterocycles. The molecule has 4 nitrogen and oxygen atoms in total. The molecule has 3 N–H and O–H groups in total. The van der Waals surface area contributed by atoms with Crippen molar-refractivity contribution < 1.29 is 4.79 Å². The van der Waals surface area contributed by atoms with Crippen LogP contribution < -0.4 is 11.1 Å². The highest BCUT2D eigenvalue weighted by molar-refractivity contribution is 5.80. The quantitative estimate of drug-likeness (QED) is 0.822. The van der Waals surface area contributed by atoms with Gasteiger partial charge < -0.3 is 16.0 Å². The standard InChI is InChI=1S/C17H29N3O/c18-16-13-4-3-12(9-13)15(16)17(21)19-14-5-7-20(8-6-14)10-11-1-2-11/h11-16H,1-10,18H2,(H,19,21). The van der Waals surface area contributed by atoms with Crippen molar-refractivity contribution in [2.24, 2.45) is 29.4 Å². The van der Waals surface area contributed by atoms with E-state index in [0.29, 0.717) is 17.9 Å². The summed E-state index contributed by atoms with van der Waals surface area (Å²) >= 11 is 0. The number of amides is 1. The van der Waals surface area contributed by atoms with Gasteiger partial charge in [-0.1, -0.05) is 0 Å². The van der Waals surface area contributed by atoms with Gasteiger partial charge >= 0.3 is 0 Å².